The maximum atomic E-state index is 6.39. The van der Waals surface area contributed by atoms with Crippen LogP contribution in [0.25, 0.3) is 22.2 Å². The van der Waals surface area contributed by atoms with E-state index in [4.69, 9.17) is 10.5 Å². The minimum absolute atomic E-state index is 0.382. The fourth-order valence-electron chi connectivity index (χ4n) is 5.48. The minimum Gasteiger partial charge on any atom is -0.457 e. The van der Waals surface area contributed by atoms with Gasteiger partial charge in [0.25, 0.3) is 0 Å². The molecule has 0 amide bonds. The lowest BCUT2D eigenvalue weighted by Gasteiger charge is -2.44. The van der Waals surface area contributed by atoms with Gasteiger partial charge in [-0.1, -0.05) is 30.2 Å². The number of hydrogen-bond donors (Lipinski definition) is 2. The molecule has 3 N–H and O–H groups in total. The molecular weight excluding hydrogens is 460 g/mol. The number of piperidine rings is 1. The molecule has 4 aromatic rings. The Balaban J connectivity index is 1.33. The summed E-state index contributed by atoms with van der Waals surface area (Å²) in [7, 11) is 2.00. The monoisotopic (exact) mass is 492 g/mol. The van der Waals surface area contributed by atoms with E-state index in [1.54, 1.807) is 0 Å². The molecule has 2 fully saturated rings. The minimum atomic E-state index is 0.382. The molecule has 2 aromatic carbocycles. The highest BCUT2D eigenvalue weighted by molar-refractivity contribution is 6.03. The van der Waals surface area contributed by atoms with E-state index in [9.17, 15) is 0 Å². The predicted molar refractivity (Wildman–Crippen MR) is 147 cm³/mol. The Morgan fingerprint density at radius 2 is 1.84 bits per heavy atom. The molecule has 2 aromatic heterocycles. The molecule has 2 aliphatic heterocycles. The number of aryl methyl sites for hydroxylation is 2. The maximum Gasteiger partial charge on any atom is 0.146 e. The quantitative estimate of drug-likeness (QED) is 0.412. The first kappa shape index (κ1) is 23.5. The van der Waals surface area contributed by atoms with Gasteiger partial charge in [0.2, 0.25) is 0 Å². The predicted octanol–water partition coefficient (Wildman–Crippen LogP) is 4.35. The lowest BCUT2D eigenvalue weighted by atomic mass is 9.93. The first-order chi connectivity index (χ1) is 18.1. The molecule has 2 aliphatic rings. The van der Waals surface area contributed by atoms with Crippen LogP contribution in [-0.4, -0.2) is 51.7 Å². The van der Waals surface area contributed by atoms with Gasteiger partial charge in [-0.15, -0.1) is 0 Å². The van der Waals surface area contributed by atoms with Crippen molar-refractivity contribution in [1.82, 2.24) is 24.8 Å². The number of anilines is 1. The number of ether oxygens (including phenoxy) is 1. The van der Waals surface area contributed by atoms with E-state index in [2.05, 4.69) is 51.1 Å². The molecule has 7 heteroatoms. The van der Waals surface area contributed by atoms with Crippen LogP contribution in [0.2, 0.25) is 0 Å². The number of rotatable bonds is 4. The Morgan fingerprint density at radius 3 is 2.59 bits per heavy atom. The zero-order chi connectivity index (χ0) is 25.4. The number of nitrogens with zero attached hydrogens (tertiary/aromatic N) is 4. The number of nitrogens with two attached hydrogens (primary N) is 1. The third-order valence-corrected chi connectivity index (χ3v) is 7.56. The molecule has 37 heavy (non-hydrogen) atoms. The summed E-state index contributed by atoms with van der Waals surface area (Å²) in [5.74, 6) is 9.55. The summed E-state index contributed by atoms with van der Waals surface area (Å²) in [5.41, 5.74) is 11.1. The zero-order valence-electron chi connectivity index (χ0n) is 21.4. The van der Waals surface area contributed by atoms with Crippen LogP contribution in [0.5, 0.6) is 11.5 Å². The van der Waals surface area contributed by atoms with Crippen LogP contribution in [0.4, 0.5) is 5.82 Å². The second-order valence-corrected chi connectivity index (χ2v) is 10.0. The second-order valence-electron chi connectivity index (χ2n) is 10.0. The molecule has 188 valence electrons. The summed E-state index contributed by atoms with van der Waals surface area (Å²) in [6.07, 6.45) is 3.98. The van der Waals surface area contributed by atoms with Gasteiger partial charge in [-0.25, -0.2) is 9.97 Å². The SMILES string of the molecule is Cc1cc(-c2c(C#CC3CN(C4CCNCC4)C3)n(C)c3ncnc(N)c23)ccc1Oc1ccccc1. The van der Waals surface area contributed by atoms with Crippen molar-refractivity contribution in [3.63, 3.8) is 0 Å². The normalized spacial score (nSPS) is 16.8. The van der Waals surface area contributed by atoms with Crippen molar-refractivity contribution in [3.05, 3.63) is 66.1 Å². The Labute approximate surface area is 217 Å². The van der Waals surface area contributed by atoms with E-state index >= 15 is 0 Å². The first-order valence-electron chi connectivity index (χ1n) is 13.0. The average molecular weight is 493 g/mol. The lowest BCUT2D eigenvalue weighted by Crippen LogP contribution is -2.54. The third-order valence-electron chi connectivity index (χ3n) is 7.56. The van der Waals surface area contributed by atoms with Crippen molar-refractivity contribution in [3.8, 4) is 34.5 Å². The van der Waals surface area contributed by atoms with Gasteiger partial charge in [-0.05, 0) is 74.2 Å². The molecule has 0 saturated carbocycles. The summed E-state index contributed by atoms with van der Waals surface area (Å²) >= 11 is 0. The molecule has 0 radical (unpaired) electrons. The summed E-state index contributed by atoms with van der Waals surface area (Å²) in [4.78, 5) is 11.4. The smallest absolute Gasteiger partial charge is 0.146 e. The van der Waals surface area contributed by atoms with Crippen LogP contribution in [0, 0.1) is 24.7 Å². The average Bonchev–Trinajstić information content (AvgIpc) is 3.18. The summed E-state index contributed by atoms with van der Waals surface area (Å²) in [6.45, 7) is 6.39. The Bertz CT molecular complexity index is 1490. The zero-order valence-corrected chi connectivity index (χ0v) is 21.4. The van der Waals surface area contributed by atoms with Crippen molar-refractivity contribution >= 4 is 16.9 Å². The Hall–Kier alpha value is -3.86. The van der Waals surface area contributed by atoms with Crippen LogP contribution in [0.1, 0.15) is 24.1 Å². The highest BCUT2D eigenvalue weighted by Crippen LogP contribution is 2.38. The van der Waals surface area contributed by atoms with E-state index in [1.165, 1.54) is 19.2 Å². The van der Waals surface area contributed by atoms with Crippen LogP contribution in [-0.2, 0) is 7.05 Å². The molecule has 0 bridgehead atoms. The molecule has 2 saturated heterocycles. The number of likely N-dealkylation sites (tertiary alicyclic amines) is 1. The number of nitrogen functional groups attached to an aromatic ring is 1. The van der Waals surface area contributed by atoms with Gasteiger partial charge in [0, 0.05) is 37.7 Å². The van der Waals surface area contributed by atoms with Crippen molar-refractivity contribution in [2.24, 2.45) is 13.0 Å². The lowest BCUT2D eigenvalue weighted by molar-refractivity contribution is 0.0640. The van der Waals surface area contributed by atoms with Crippen molar-refractivity contribution in [2.45, 2.75) is 25.8 Å². The second kappa shape index (κ2) is 9.89. The number of fused-ring (bicyclic) bond motifs is 1. The summed E-state index contributed by atoms with van der Waals surface area (Å²) < 4.78 is 8.16. The number of nitrogens with one attached hydrogen (secondary N) is 1. The standard InChI is InChI=1S/C30H32N6O/c1-20-16-22(9-11-26(20)37-24-6-4-3-5-7-24)27-25(35(2)30-28(27)29(31)33-19-34-30)10-8-21-17-36(18-21)23-12-14-32-15-13-23/h3-7,9,11,16,19,21,23,32H,12-15,17-18H2,1-2H3,(H2,31,33,34). The van der Waals surface area contributed by atoms with Crippen LogP contribution < -0.4 is 15.8 Å². The molecule has 0 spiro atoms. The molecule has 7 nitrogen and oxygen atoms in total. The van der Waals surface area contributed by atoms with Gasteiger partial charge in [-0.3, -0.25) is 4.90 Å². The van der Waals surface area contributed by atoms with Gasteiger partial charge < -0.3 is 20.4 Å². The van der Waals surface area contributed by atoms with Gasteiger partial charge >= 0.3 is 0 Å². The van der Waals surface area contributed by atoms with Gasteiger partial charge in [-0.2, -0.15) is 0 Å². The largest absolute Gasteiger partial charge is 0.457 e. The number of aromatic nitrogens is 3. The molecule has 6 rings (SSSR count). The van der Waals surface area contributed by atoms with Crippen LogP contribution in [0.15, 0.2) is 54.9 Å². The summed E-state index contributed by atoms with van der Waals surface area (Å²) in [6, 6.07) is 16.7. The van der Waals surface area contributed by atoms with Crippen LogP contribution in [0.3, 0.4) is 0 Å². The van der Waals surface area contributed by atoms with E-state index < -0.39 is 0 Å². The van der Waals surface area contributed by atoms with Crippen molar-refractivity contribution in [2.75, 3.05) is 31.9 Å². The maximum absolute atomic E-state index is 6.39. The third kappa shape index (κ3) is 4.55. The number of hydrogen-bond acceptors (Lipinski definition) is 6. The number of benzene rings is 2. The fraction of sp³-hybridized carbons (Fsp3) is 0.333. The van der Waals surface area contributed by atoms with E-state index in [1.807, 2.05) is 48.0 Å². The van der Waals surface area contributed by atoms with Crippen LogP contribution >= 0.6 is 0 Å². The van der Waals surface area contributed by atoms with Gasteiger partial charge in [0.05, 0.1) is 5.39 Å². The van der Waals surface area contributed by atoms with E-state index in [0.717, 1.165) is 71.1 Å². The van der Waals surface area contributed by atoms with Crippen molar-refractivity contribution in [1.29, 1.82) is 0 Å². The molecule has 0 aliphatic carbocycles. The molecule has 0 atom stereocenters. The highest BCUT2D eigenvalue weighted by Gasteiger charge is 2.32. The first-order valence-corrected chi connectivity index (χ1v) is 13.0. The molecule has 4 heterocycles. The fourth-order valence-corrected chi connectivity index (χ4v) is 5.48. The number of para-hydroxylation sites is 1. The van der Waals surface area contributed by atoms with Gasteiger partial charge in [0.1, 0.15) is 35.0 Å². The van der Waals surface area contributed by atoms with Gasteiger partial charge in [0.15, 0.2) is 0 Å². The highest BCUT2D eigenvalue weighted by atomic mass is 16.5. The van der Waals surface area contributed by atoms with E-state index in [-0.39, 0.29) is 0 Å². The Kier molecular flexibility index (Phi) is 6.29. The molecule has 0 unspecified atom stereocenters. The molecular formula is C30H32N6O. The Morgan fingerprint density at radius 1 is 1.05 bits per heavy atom. The van der Waals surface area contributed by atoms with E-state index in [0.29, 0.717) is 17.8 Å². The van der Waals surface area contributed by atoms with Crippen molar-refractivity contribution < 1.29 is 4.74 Å². The summed E-state index contributed by atoms with van der Waals surface area (Å²) in [5, 5.41) is 4.30. The topological polar surface area (TPSA) is 81.2 Å².